The van der Waals surface area contributed by atoms with Crippen molar-refractivity contribution in [2.75, 3.05) is 6.61 Å². The molecule has 3 nitrogen and oxygen atoms in total. The summed E-state index contributed by atoms with van der Waals surface area (Å²) in [6.07, 6.45) is 1.94. The first kappa shape index (κ1) is 11.5. The van der Waals surface area contributed by atoms with Crippen molar-refractivity contribution < 1.29 is 9.53 Å². The van der Waals surface area contributed by atoms with Crippen molar-refractivity contribution >= 4 is 12.0 Å². The standard InChI is InChI=1S/C16H13NO2/c18-16(12-6-2-1-3-7-12)17-14-10-13-8-4-5-9-15(13)19-11-14/h1-10H,11H2,(H,17,18). The summed E-state index contributed by atoms with van der Waals surface area (Å²) in [6.45, 7) is 0.385. The fourth-order valence-electron chi connectivity index (χ4n) is 2.00. The van der Waals surface area contributed by atoms with Gasteiger partial charge in [-0.25, -0.2) is 0 Å². The summed E-state index contributed by atoms with van der Waals surface area (Å²) in [6, 6.07) is 16.9. The van der Waals surface area contributed by atoms with Crippen LogP contribution in [0.5, 0.6) is 5.75 Å². The maximum atomic E-state index is 12.0. The van der Waals surface area contributed by atoms with Gasteiger partial charge in [-0.05, 0) is 24.3 Å². The Morgan fingerprint density at radius 1 is 1.00 bits per heavy atom. The minimum Gasteiger partial charge on any atom is -0.487 e. The fraction of sp³-hybridized carbons (Fsp3) is 0.0625. The van der Waals surface area contributed by atoms with Crippen LogP contribution < -0.4 is 10.1 Å². The number of nitrogens with one attached hydrogen (secondary N) is 1. The van der Waals surface area contributed by atoms with E-state index in [0.717, 1.165) is 17.0 Å². The summed E-state index contributed by atoms with van der Waals surface area (Å²) in [7, 11) is 0. The first-order valence-corrected chi connectivity index (χ1v) is 6.12. The third-order valence-corrected chi connectivity index (χ3v) is 2.94. The molecule has 0 saturated heterocycles. The van der Waals surface area contributed by atoms with Crippen LogP contribution in [0.1, 0.15) is 15.9 Å². The Bertz CT molecular complexity index is 632. The number of benzene rings is 2. The van der Waals surface area contributed by atoms with Crippen LogP contribution in [0.2, 0.25) is 0 Å². The zero-order valence-electron chi connectivity index (χ0n) is 10.3. The Hall–Kier alpha value is -2.55. The molecule has 0 aliphatic carbocycles. The maximum Gasteiger partial charge on any atom is 0.255 e. The quantitative estimate of drug-likeness (QED) is 0.891. The monoisotopic (exact) mass is 251 g/mol. The summed E-state index contributed by atoms with van der Waals surface area (Å²) in [5, 5.41) is 2.87. The van der Waals surface area contributed by atoms with E-state index in [1.807, 2.05) is 48.5 Å². The summed E-state index contributed by atoms with van der Waals surface area (Å²) in [4.78, 5) is 12.0. The molecule has 0 unspecified atom stereocenters. The molecule has 1 N–H and O–H groups in total. The number of carbonyl (C=O) groups is 1. The first-order chi connectivity index (χ1) is 9.33. The van der Waals surface area contributed by atoms with Crippen molar-refractivity contribution in [2.45, 2.75) is 0 Å². The zero-order chi connectivity index (χ0) is 13.1. The second kappa shape index (κ2) is 4.98. The molecule has 0 bridgehead atoms. The SMILES string of the molecule is O=C(NC1=Cc2ccccc2OC1)c1ccccc1. The second-order valence-corrected chi connectivity index (χ2v) is 4.32. The molecule has 0 aromatic heterocycles. The molecule has 0 saturated carbocycles. The van der Waals surface area contributed by atoms with E-state index in [1.54, 1.807) is 12.1 Å². The van der Waals surface area contributed by atoms with Crippen LogP contribution in [0.4, 0.5) is 0 Å². The minimum absolute atomic E-state index is 0.116. The first-order valence-electron chi connectivity index (χ1n) is 6.12. The Morgan fingerprint density at radius 2 is 1.74 bits per heavy atom. The lowest BCUT2D eigenvalue weighted by Gasteiger charge is -2.18. The van der Waals surface area contributed by atoms with Crippen molar-refractivity contribution in [1.82, 2.24) is 5.32 Å². The molecule has 2 aromatic rings. The van der Waals surface area contributed by atoms with Gasteiger partial charge in [-0.1, -0.05) is 36.4 Å². The highest BCUT2D eigenvalue weighted by Crippen LogP contribution is 2.24. The van der Waals surface area contributed by atoms with Gasteiger partial charge in [0, 0.05) is 11.1 Å². The lowest BCUT2D eigenvalue weighted by atomic mass is 10.1. The summed E-state index contributed by atoms with van der Waals surface area (Å²) in [5.74, 6) is 0.732. The van der Waals surface area contributed by atoms with Crippen LogP contribution in [0.15, 0.2) is 60.3 Å². The van der Waals surface area contributed by atoms with Crippen molar-refractivity contribution in [1.29, 1.82) is 0 Å². The lowest BCUT2D eigenvalue weighted by Crippen LogP contribution is -2.27. The molecule has 0 spiro atoms. The van der Waals surface area contributed by atoms with E-state index < -0.39 is 0 Å². The van der Waals surface area contributed by atoms with E-state index in [2.05, 4.69) is 5.32 Å². The Labute approximate surface area is 111 Å². The van der Waals surface area contributed by atoms with E-state index >= 15 is 0 Å². The number of ether oxygens (including phenoxy) is 1. The van der Waals surface area contributed by atoms with E-state index in [0.29, 0.717) is 12.2 Å². The minimum atomic E-state index is -0.116. The summed E-state index contributed by atoms with van der Waals surface area (Å²) < 4.78 is 5.59. The normalized spacial score (nSPS) is 12.9. The number of amides is 1. The van der Waals surface area contributed by atoms with Gasteiger partial charge in [0.05, 0.1) is 5.70 Å². The van der Waals surface area contributed by atoms with Crippen LogP contribution in [0.25, 0.3) is 6.08 Å². The molecule has 1 aliphatic rings. The molecule has 3 rings (SSSR count). The van der Waals surface area contributed by atoms with Gasteiger partial charge in [0.15, 0.2) is 0 Å². The highest BCUT2D eigenvalue weighted by atomic mass is 16.5. The highest BCUT2D eigenvalue weighted by Gasteiger charge is 2.13. The largest absolute Gasteiger partial charge is 0.487 e. The predicted molar refractivity (Wildman–Crippen MR) is 73.8 cm³/mol. The molecule has 3 heteroatoms. The van der Waals surface area contributed by atoms with E-state index in [9.17, 15) is 4.79 Å². The van der Waals surface area contributed by atoms with Gasteiger partial charge >= 0.3 is 0 Å². The Kier molecular flexibility index (Phi) is 3.02. The fourth-order valence-corrected chi connectivity index (χ4v) is 2.00. The molecule has 0 atom stereocenters. The number of para-hydroxylation sites is 1. The van der Waals surface area contributed by atoms with Gasteiger partial charge in [-0.2, -0.15) is 0 Å². The molecular weight excluding hydrogens is 238 g/mol. The van der Waals surface area contributed by atoms with Gasteiger partial charge in [0.2, 0.25) is 0 Å². The number of fused-ring (bicyclic) bond motifs is 1. The van der Waals surface area contributed by atoms with Crippen molar-refractivity contribution in [3.63, 3.8) is 0 Å². The average Bonchev–Trinajstić information content (AvgIpc) is 2.48. The highest BCUT2D eigenvalue weighted by molar-refractivity contribution is 5.95. The number of carbonyl (C=O) groups excluding carboxylic acids is 1. The van der Waals surface area contributed by atoms with Crippen molar-refractivity contribution in [3.05, 3.63) is 71.4 Å². The zero-order valence-corrected chi connectivity index (χ0v) is 10.3. The van der Waals surface area contributed by atoms with Gasteiger partial charge in [0.25, 0.3) is 5.91 Å². The molecule has 2 aromatic carbocycles. The number of rotatable bonds is 2. The molecule has 94 valence electrons. The van der Waals surface area contributed by atoms with E-state index in [4.69, 9.17) is 4.74 Å². The smallest absolute Gasteiger partial charge is 0.255 e. The summed E-state index contributed by atoms with van der Waals surface area (Å²) >= 11 is 0. The summed E-state index contributed by atoms with van der Waals surface area (Å²) in [5.41, 5.74) is 2.40. The van der Waals surface area contributed by atoms with Crippen LogP contribution in [-0.4, -0.2) is 12.5 Å². The molecule has 1 amide bonds. The van der Waals surface area contributed by atoms with Crippen molar-refractivity contribution in [2.24, 2.45) is 0 Å². The average molecular weight is 251 g/mol. The van der Waals surface area contributed by atoms with Crippen LogP contribution in [0, 0.1) is 0 Å². The van der Waals surface area contributed by atoms with Gasteiger partial charge in [-0.3, -0.25) is 4.79 Å². The molecular formula is C16H13NO2. The van der Waals surface area contributed by atoms with E-state index in [1.165, 1.54) is 0 Å². The molecule has 1 heterocycles. The predicted octanol–water partition coefficient (Wildman–Crippen LogP) is 2.85. The third kappa shape index (κ3) is 2.50. The Balaban J connectivity index is 1.79. The second-order valence-electron chi connectivity index (χ2n) is 4.32. The van der Waals surface area contributed by atoms with Gasteiger partial charge < -0.3 is 10.1 Å². The molecule has 19 heavy (non-hydrogen) atoms. The van der Waals surface area contributed by atoms with Gasteiger partial charge in [0.1, 0.15) is 12.4 Å². The lowest BCUT2D eigenvalue weighted by molar-refractivity contribution is 0.0961. The topological polar surface area (TPSA) is 38.3 Å². The van der Waals surface area contributed by atoms with Crippen LogP contribution in [0.3, 0.4) is 0 Å². The van der Waals surface area contributed by atoms with Crippen LogP contribution in [-0.2, 0) is 0 Å². The van der Waals surface area contributed by atoms with Crippen LogP contribution >= 0.6 is 0 Å². The maximum absolute atomic E-state index is 12.0. The van der Waals surface area contributed by atoms with Crippen molar-refractivity contribution in [3.8, 4) is 5.75 Å². The Morgan fingerprint density at radius 3 is 2.58 bits per heavy atom. The van der Waals surface area contributed by atoms with Gasteiger partial charge in [-0.15, -0.1) is 0 Å². The third-order valence-electron chi connectivity index (χ3n) is 2.94. The van der Waals surface area contributed by atoms with E-state index in [-0.39, 0.29) is 5.91 Å². The molecule has 0 fully saturated rings. The molecule has 1 aliphatic heterocycles. The number of hydrogen-bond donors (Lipinski definition) is 1. The molecule has 0 radical (unpaired) electrons. The number of hydrogen-bond acceptors (Lipinski definition) is 2.